The van der Waals surface area contributed by atoms with E-state index in [-0.39, 0.29) is 0 Å². The van der Waals surface area contributed by atoms with Gasteiger partial charge in [0.15, 0.2) is 0 Å². The van der Waals surface area contributed by atoms with E-state index in [0.717, 1.165) is 18.7 Å². The molecule has 1 aromatic carbocycles. The molecule has 0 aliphatic heterocycles. The molecule has 0 spiro atoms. The molecule has 100 valence electrons. The molecule has 1 unspecified atom stereocenters. The summed E-state index contributed by atoms with van der Waals surface area (Å²) in [5.41, 5.74) is 2.68. The van der Waals surface area contributed by atoms with Crippen LogP contribution in [0.25, 0.3) is 5.57 Å². The summed E-state index contributed by atoms with van der Waals surface area (Å²) in [5, 5.41) is 0. The second-order valence-electron chi connectivity index (χ2n) is 4.96. The third-order valence-electron chi connectivity index (χ3n) is 3.00. The number of methoxy groups -OCH3 is 1. The Balaban J connectivity index is 3.00. The van der Waals surface area contributed by atoms with Crippen LogP contribution in [0, 0.1) is 5.92 Å². The lowest BCUT2D eigenvalue weighted by molar-refractivity contribution is 0.375. The minimum atomic E-state index is 0.520. The van der Waals surface area contributed by atoms with Crippen molar-refractivity contribution >= 4 is 5.57 Å². The quantitative estimate of drug-likeness (QED) is 0.760. The van der Waals surface area contributed by atoms with Crippen molar-refractivity contribution in [2.24, 2.45) is 5.92 Å². The zero-order valence-corrected chi connectivity index (χ0v) is 12.2. The van der Waals surface area contributed by atoms with Gasteiger partial charge in [0, 0.05) is 6.54 Å². The summed E-state index contributed by atoms with van der Waals surface area (Å²) in [6, 6.07) is 8.33. The Kier molecular flexibility index (Phi) is 5.93. The van der Waals surface area contributed by atoms with Crippen LogP contribution in [0.15, 0.2) is 30.3 Å². The molecule has 0 aliphatic rings. The molecule has 2 heteroatoms. The lowest BCUT2D eigenvalue weighted by Crippen LogP contribution is -2.20. The molecule has 1 atom stereocenters. The third-order valence-corrected chi connectivity index (χ3v) is 3.00. The predicted octanol–water partition coefficient (Wildman–Crippen LogP) is 3.69. The summed E-state index contributed by atoms with van der Waals surface area (Å²) in [4.78, 5) is 2.23. The molecular weight excluding hydrogens is 222 g/mol. The lowest BCUT2D eigenvalue weighted by Gasteiger charge is -2.21. The van der Waals surface area contributed by atoms with Gasteiger partial charge in [-0.05, 0) is 49.7 Å². The molecule has 0 saturated heterocycles. The van der Waals surface area contributed by atoms with Crippen LogP contribution in [-0.4, -0.2) is 32.6 Å². The second kappa shape index (κ2) is 7.22. The highest BCUT2D eigenvalue weighted by molar-refractivity contribution is 5.68. The Morgan fingerprint density at radius 1 is 1.39 bits per heavy atom. The van der Waals surface area contributed by atoms with Crippen molar-refractivity contribution in [3.63, 3.8) is 0 Å². The summed E-state index contributed by atoms with van der Waals surface area (Å²) >= 11 is 0. The van der Waals surface area contributed by atoms with E-state index in [1.165, 1.54) is 11.1 Å². The van der Waals surface area contributed by atoms with Gasteiger partial charge in [0.05, 0.1) is 7.11 Å². The molecule has 0 amide bonds. The van der Waals surface area contributed by atoms with E-state index in [2.05, 4.69) is 57.1 Å². The summed E-state index contributed by atoms with van der Waals surface area (Å²) in [7, 11) is 5.95. The molecule has 1 rings (SSSR count). The first-order valence-electron chi connectivity index (χ1n) is 6.57. The summed E-state index contributed by atoms with van der Waals surface area (Å²) in [6.07, 6.45) is 3.38. The maximum atomic E-state index is 5.31. The monoisotopic (exact) mass is 247 g/mol. The molecule has 0 bridgehead atoms. The zero-order chi connectivity index (χ0) is 13.5. The first kappa shape index (κ1) is 14.8. The highest BCUT2D eigenvalue weighted by Gasteiger charge is 2.12. The van der Waals surface area contributed by atoms with Gasteiger partial charge in [-0.1, -0.05) is 32.1 Å². The highest BCUT2D eigenvalue weighted by atomic mass is 16.5. The molecule has 2 nitrogen and oxygen atoms in total. The number of rotatable bonds is 6. The van der Waals surface area contributed by atoms with Crippen LogP contribution in [0.4, 0.5) is 0 Å². The van der Waals surface area contributed by atoms with Crippen LogP contribution in [0.5, 0.6) is 5.75 Å². The first-order chi connectivity index (χ1) is 8.58. The zero-order valence-electron chi connectivity index (χ0n) is 12.2. The summed E-state index contributed by atoms with van der Waals surface area (Å²) < 4.78 is 5.31. The standard InChI is InChI=1S/C16H25NO/c1-6-8-16(13(2)12-17(3)4)14-9-7-10-15(11-14)18-5/h7-11,13H,6,12H2,1-5H3/b16-8+. The average molecular weight is 247 g/mol. The van der Waals surface area contributed by atoms with Crippen LogP contribution in [0.2, 0.25) is 0 Å². The Labute approximate surface area is 111 Å². The van der Waals surface area contributed by atoms with Gasteiger partial charge in [-0.2, -0.15) is 0 Å². The third kappa shape index (κ3) is 4.19. The van der Waals surface area contributed by atoms with Crippen LogP contribution in [-0.2, 0) is 0 Å². The van der Waals surface area contributed by atoms with Crippen LogP contribution in [0.3, 0.4) is 0 Å². The van der Waals surface area contributed by atoms with Gasteiger partial charge >= 0.3 is 0 Å². The number of hydrogen-bond donors (Lipinski definition) is 0. The topological polar surface area (TPSA) is 12.5 Å². The van der Waals surface area contributed by atoms with Crippen molar-refractivity contribution < 1.29 is 4.74 Å². The van der Waals surface area contributed by atoms with Crippen LogP contribution < -0.4 is 4.74 Å². The van der Waals surface area contributed by atoms with E-state index in [1.807, 2.05) is 6.07 Å². The Morgan fingerprint density at radius 2 is 2.11 bits per heavy atom. The molecule has 0 saturated carbocycles. The largest absolute Gasteiger partial charge is 0.497 e. The van der Waals surface area contributed by atoms with Gasteiger partial charge in [-0.15, -0.1) is 0 Å². The van der Waals surface area contributed by atoms with Gasteiger partial charge < -0.3 is 9.64 Å². The lowest BCUT2D eigenvalue weighted by atomic mass is 9.92. The van der Waals surface area contributed by atoms with E-state index in [4.69, 9.17) is 4.74 Å². The first-order valence-corrected chi connectivity index (χ1v) is 6.57. The van der Waals surface area contributed by atoms with E-state index in [1.54, 1.807) is 7.11 Å². The summed E-state index contributed by atoms with van der Waals surface area (Å²) in [6.45, 7) is 5.52. The van der Waals surface area contributed by atoms with Crippen molar-refractivity contribution in [2.75, 3.05) is 27.7 Å². The maximum absolute atomic E-state index is 5.31. The van der Waals surface area contributed by atoms with E-state index >= 15 is 0 Å². The number of nitrogens with zero attached hydrogens (tertiary/aromatic N) is 1. The second-order valence-corrected chi connectivity index (χ2v) is 4.96. The average Bonchev–Trinajstić information content (AvgIpc) is 2.35. The number of allylic oxidation sites excluding steroid dienone is 1. The molecule has 0 fully saturated rings. The normalized spacial score (nSPS) is 13.8. The van der Waals surface area contributed by atoms with Gasteiger partial charge in [-0.25, -0.2) is 0 Å². The van der Waals surface area contributed by atoms with Crippen molar-refractivity contribution in [3.05, 3.63) is 35.9 Å². The van der Waals surface area contributed by atoms with E-state index in [0.29, 0.717) is 5.92 Å². The van der Waals surface area contributed by atoms with Crippen molar-refractivity contribution in [3.8, 4) is 5.75 Å². The van der Waals surface area contributed by atoms with Crippen molar-refractivity contribution in [1.29, 1.82) is 0 Å². The number of ether oxygens (including phenoxy) is 1. The van der Waals surface area contributed by atoms with E-state index in [9.17, 15) is 0 Å². The fourth-order valence-corrected chi connectivity index (χ4v) is 2.27. The predicted molar refractivity (Wildman–Crippen MR) is 79.0 cm³/mol. The fourth-order valence-electron chi connectivity index (χ4n) is 2.27. The molecule has 18 heavy (non-hydrogen) atoms. The Hall–Kier alpha value is -1.28. The molecular formula is C16H25NO. The minimum Gasteiger partial charge on any atom is -0.497 e. The molecule has 0 N–H and O–H groups in total. The molecule has 0 radical (unpaired) electrons. The van der Waals surface area contributed by atoms with Crippen molar-refractivity contribution in [2.45, 2.75) is 20.3 Å². The number of hydrogen-bond acceptors (Lipinski definition) is 2. The number of benzene rings is 1. The molecule has 1 aromatic rings. The van der Waals surface area contributed by atoms with Crippen LogP contribution >= 0.6 is 0 Å². The van der Waals surface area contributed by atoms with Crippen molar-refractivity contribution in [1.82, 2.24) is 4.90 Å². The van der Waals surface area contributed by atoms with Gasteiger partial charge in [0.2, 0.25) is 0 Å². The van der Waals surface area contributed by atoms with Crippen LogP contribution in [0.1, 0.15) is 25.8 Å². The fraction of sp³-hybridized carbons (Fsp3) is 0.500. The maximum Gasteiger partial charge on any atom is 0.119 e. The molecule has 0 aromatic heterocycles. The SMILES string of the molecule is CC/C=C(/c1cccc(OC)c1)C(C)CN(C)C. The van der Waals surface area contributed by atoms with Gasteiger partial charge in [-0.3, -0.25) is 0 Å². The molecule has 0 aliphatic carbocycles. The molecule has 0 heterocycles. The highest BCUT2D eigenvalue weighted by Crippen LogP contribution is 2.27. The minimum absolute atomic E-state index is 0.520. The Morgan fingerprint density at radius 3 is 2.67 bits per heavy atom. The smallest absolute Gasteiger partial charge is 0.119 e. The summed E-state index contributed by atoms with van der Waals surface area (Å²) in [5.74, 6) is 1.44. The van der Waals surface area contributed by atoms with Gasteiger partial charge in [0.1, 0.15) is 5.75 Å². The van der Waals surface area contributed by atoms with E-state index < -0.39 is 0 Å². The van der Waals surface area contributed by atoms with Gasteiger partial charge in [0.25, 0.3) is 0 Å². The Bertz CT molecular complexity index is 396.